The summed E-state index contributed by atoms with van der Waals surface area (Å²) in [6.45, 7) is 4.30. The molecule has 1 aliphatic rings. The summed E-state index contributed by atoms with van der Waals surface area (Å²) in [7, 11) is 1.52. The highest BCUT2D eigenvalue weighted by molar-refractivity contribution is 5.63. The molecule has 1 fully saturated rings. The summed E-state index contributed by atoms with van der Waals surface area (Å²) >= 11 is 0. The van der Waals surface area contributed by atoms with Gasteiger partial charge in [-0.15, -0.1) is 0 Å². The molecule has 0 aromatic heterocycles. The fourth-order valence-corrected chi connectivity index (χ4v) is 1.76. The number of halogens is 1. The maximum absolute atomic E-state index is 13.6. The number of nitrogens with one attached hydrogen (secondary N) is 1. The van der Waals surface area contributed by atoms with Crippen molar-refractivity contribution >= 4 is 11.4 Å². The highest BCUT2D eigenvalue weighted by Crippen LogP contribution is 2.47. The molecule has 1 unspecified atom stereocenters. The van der Waals surface area contributed by atoms with Gasteiger partial charge in [0.05, 0.1) is 18.5 Å². The molecule has 0 radical (unpaired) electrons. The van der Waals surface area contributed by atoms with E-state index < -0.39 is 0 Å². The molecule has 88 valence electrons. The summed E-state index contributed by atoms with van der Waals surface area (Å²) in [6.07, 6.45) is 1.05. The molecule has 0 spiro atoms. The third kappa shape index (κ3) is 1.92. The van der Waals surface area contributed by atoms with E-state index in [1.54, 1.807) is 6.07 Å². The Bertz CT molecular complexity index is 418. The normalized spacial score (nSPS) is 21.6. The fourth-order valence-electron chi connectivity index (χ4n) is 1.76. The van der Waals surface area contributed by atoms with Crippen molar-refractivity contribution in [1.29, 1.82) is 0 Å². The molecule has 0 aliphatic heterocycles. The van der Waals surface area contributed by atoms with Crippen LogP contribution in [0.25, 0.3) is 0 Å². The first-order chi connectivity index (χ1) is 7.44. The summed E-state index contributed by atoms with van der Waals surface area (Å²) in [5.74, 6) is 0.170. The predicted octanol–water partition coefficient (Wildman–Crippen LogP) is 2.63. The number of benzene rings is 1. The van der Waals surface area contributed by atoms with Gasteiger partial charge in [0.2, 0.25) is 0 Å². The Kier molecular flexibility index (Phi) is 2.45. The maximum atomic E-state index is 13.6. The largest absolute Gasteiger partial charge is 0.495 e. The van der Waals surface area contributed by atoms with E-state index in [4.69, 9.17) is 10.5 Å². The third-order valence-corrected chi connectivity index (χ3v) is 3.16. The molecule has 4 heteroatoms. The Morgan fingerprint density at radius 1 is 1.50 bits per heavy atom. The van der Waals surface area contributed by atoms with Gasteiger partial charge in [0, 0.05) is 18.2 Å². The molecule has 1 aromatic carbocycles. The second-order valence-corrected chi connectivity index (χ2v) is 4.96. The minimum absolute atomic E-state index is 0.251. The van der Waals surface area contributed by atoms with Crippen molar-refractivity contribution in [3.8, 4) is 5.75 Å². The second kappa shape index (κ2) is 3.54. The van der Waals surface area contributed by atoms with Crippen molar-refractivity contribution in [3.63, 3.8) is 0 Å². The van der Waals surface area contributed by atoms with Gasteiger partial charge in [-0.3, -0.25) is 0 Å². The number of hydrogen-bond donors (Lipinski definition) is 2. The lowest BCUT2D eigenvalue weighted by Gasteiger charge is -2.12. The molecule has 3 N–H and O–H groups in total. The standard InChI is InChI=1S/C12H17FN2O/c1-12(2)6-11(12)15-9-5-10(16-3)8(14)4-7(9)13/h4-5,11,15H,6,14H2,1-3H3. The molecule has 16 heavy (non-hydrogen) atoms. The average Bonchev–Trinajstić information content (AvgIpc) is 2.78. The number of ether oxygens (including phenoxy) is 1. The highest BCUT2D eigenvalue weighted by atomic mass is 19.1. The lowest BCUT2D eigenvalue weighted by molar-refractivity contribution is 0.416. The van der Waals surface area contributed by atoms with Gasteiger partial charge in [0.25, 0.3) is 0 Å². The maximum Gasteiger partial charge on any atom is 0.148 e. The Labute approximate surface area is 94.8 Å². The summed E-state index contributed by atoms with van der Waals surface area (Å²) in [5.41, 5.74) is 6.64. The molecule has 1 atom stereocenters. The molecule has 0 saturated heterocycles. The highest BCUT2D eigenvalue weighted by Gasteiger charge is 2.45. The molecule has 0 amide bonds. The van der Waals surface area contributed by atoms with Gasteiger partial charge in [-0.1, -0.05) is 13.8 Å². The van der Waals surface area contributed by atoms with Crippen LogP contribution in [0.1, 0.15) is 20.3 Å². The lowest BCUT2D eigenvalue weighted by atomic mass is 10.2. The molecule has 1 saturated carbocycles. The van der Waals surface area contributed by atoms with Crippen LogP contribution >= 0.6 is 0 Å². The second-order valence-electron chi connectivity index (χ2n) is 4.96. The molecule has 1 aliphatic carbocycles. The first-order valence-electron chi connectivity index (χ1n) is 5.33. The van der Waals surface area contributed by atoms with Crippen LogP contribution in [0.4, 0.5) is 15.8 Å². The molecule has 0 bridgehead atoms. The summed E-state index contributed by atoms with van der Waals surface area (Å²) in [5, 5.41) is 3.17. The monoisotopic (exact) mass is 224 g/mol. The van der Waals surface area contributed by atoms with E-state index in [1.807, 2.05) is 0 Å². The summed E-state index contributed by atoms with van der Waals surface area (Å²) in [6, 6.07) is 3.23. The van der Waals surface area contributed by atoms with Gasteiger partial charge in [-0.25, -0.2) is 4.39 Å². The zero-order valence-corrected chi connectivity index (χ0v) is 9.80. The fraction of sp³-hybridized carbons (Fsp3) is 0.500. The predicted molar refractivity (Wildman–Crippen MR) is 63.2 cm³/mol. The first kappa shape index (κ1) is 11.0. The van der Waals surface area contributed by atoms with Crippen LogP contribution in [0.5, 0.6) is 5.75 Å². The average molecular weight is 224 g/mol. The Balaban J connectivity index is 2.21. The zero-order chi connectivity index (χ0) is 11.9. The van der Waals surface area contributed by atoms with Gasteiger partial charge in [0.1, 0.15) is 11.6 Å². The number of nitrogens with two attached hydrogens (primary N) is 1. The van der Waals surface area contributed by atoms with Gasteiger partial charge in [-0.05, 0) is 11.8 Å². The Morgan fingerprint density at radius 2 is 2.12 bits per heavy atom. The van der Waals surface area contributed by atoms with Crippen LogP contribution in [0.3, 0.4) is 0 Å². The summed E-state index contributed by atoms with van der Waals surface area (Å²) < 4.78 is 18.7. The third-order valence-electron chi connectivity index (χ3n) is 3.16. The van der Waals surface area contributed by atoms with Crippen LogP contribution in [0.2, 0.25) is 0 Å². The summed E-state index contributed by atoms with van der Waals surface area (Å²) in [4.78, 5) is 0. The van der Waals surface area contributed by atoms with E-state index in [0.717, 1.165) is 6.42 Å². The van der Waals surface area contributed by atoms with Crippen molar-refractivity contribution < 1.29 is 9.13 Å². The van der Waals surface area contributed by atoms with Crippen LogP contribution in [-0.2, 0) is 0 Å². The number of hydrogen-bond acceptors (Lipinski definition) is 3. The smallest absolute Gasteiger partial charge is 0.148 e. The van der Waals surface area contributed by atoms with E-state index in [0.29, 0.717) is 23.2 Å². The minimum Gasteiger partial charge on any atom is -0.495 e. The van der Waals surface area contributed by atoms with Gasteiger partial charge in [-0.2, -0.15) is 0 Å². The van der Waals surface area contributed by atoms with Gasteiger partial charge in [0.15, 0.2) is 0 Å². The quantitative estimate of drug-likeness (QED) is 0.776. The Hall–Kier alpha value is -1.45. The molecular weight excluding hydrogens is 207 g/mol. The minimum atomic E-state index is -0.332. The van der Waals surface area contributed by atoms with Gasteiger partial charge >= 0.3 is 0 Å². The van der Waals surface area contributed by atoms with Crippen LogP contribution in [0.15, 0.2) is 12.1 Å². The van der Waals surface area contributed by atoms with Crippen LogP contribution in [-0.4, -0.2) is 13.2 Å². The topological polar surface area (TPSA) is 47.3 Å². The molecule has 2 rings (SSSR count). The van der Waals surface area contributed by atoms with Crippen molar-refractivity contribution in [3.05, 3.63) is 17.9 Å². The van der Waals surface area contributed by atoms with E-state index >= 15 is 0 Å². The van der Waals surface area contributed by atoms with E-state index in [1.165, 1.54) is 13.2 Å². The lowest BCUT2D eigenvalue weighted by Crippen LogP contribution is -2.10. The van der Waals surface area contributed by atoms with Crippen LogP contribution < -0.4 is 15.8 Å². The van der Waals surface area contributed by atoms with E-state index in [-0.39, 0.29) is 11.2 Å². The Morgan fingerprint density at radius 3 is 2.62 bits per heavy atom. The van der Waals surface area contributed by atoms with Gasteiger partial charge < -0.3 is 15.8 Å². The molecule has 1 aromatic rings. The van der Waals surface area contributed by atoms with Crippen molar-refractivity contribution in [2.24, 2.45) is 5.41 Å². The molecular formula is C12H17FN2O. The van der Waals surface area contributed by atoms with E-state index in [9.17, 15) is 4.39 Å². The van der Waals surface area contributed by atoms with E-state index in [2.05, 4.69) is 19.2 Å². The SMILES string of the molecule is COc1cc(NC2CC2(C)C)c(F)cc1N. The number of methoxy groups -OCH3 is 1. The van der Waals surface area contributed by atoms with Crippen LogP contribution in [0, 0.1) is 11.2 Å². The first-order valence-corrected chi connectivity index (χ1v) is 5.33. The van der Waals surface area contributed by atoms with Crippen molar-refractivity contribution in [2.45, 2.75) is 26.3 Å². The molecule has 0 heterocycles. The van der Waals surface area contributed by atoms with Crippen molar-refractivity contribution in [1.82, 2.24) is 0 Å². The number of anilines is 2. The zero-order valence-electron chi connectivity index (χ0n) is 9.80. The molecule has 3 nitrogen and oxygen atoms in total. The number of nitrogen functional groups attached to an aromatic ring is 1. The number of rotatable bonds is 3. The van der Waals surface area contributed by atoms with Crippen molar-refractivity contribution in [2.75, 3.05) is 18.2 Å².